The van der Waals surface area contributed by atoms with Crippen LogP contribution in [-0.2, 0) is 16.0 Å². The van der Waals surface area contributed by atoms with Crippen molar-refractivity contribution in [3.05, 3.63) is 71.8 Å². The maximum absolute atomic E-state index is 13.4. The number of benzene rings is 2. The zero-order chi connectivity index (χ0) is 23.3. The molecule has 6 nitrogen and oxygen atoms in total. The van der Waals surface area contributed by atoms with Gasteiger partial charge in [0.1, 0.15) is 5.57 Å². The molecule has 1 aliphatic heterocycles. The van der Waals surface area contributed by atoms with Crippen LogP contribution < -0.4 is 9.64 Å². The molecule has 32 heavy (non-hydrogen) atoms. The van der Waals surface area contributed by atoms with Gasteiger partial charge >= 0.3 is 0 Å². The number of carbonyl (C=O) groups is 2. The summed E-state index contributed by atoms with van der Waals surface area (Å²) in [5.41, 5.74) is 1.75. The second-order valence-corrected chi connectivity index (χ2v) is 7.59. The summed E-state index contributed by atoms with van der Waals surface area (Å²) in [6.45, 7) is 8.23. The van der Waals surface area contributed by atoms with E-state index in [0.717, 1.165) is 0 Å². The Bertz CT molecular complexity index is 1080. The summed E-state index contributed by atoms with van der Waals surface area (Å²) in [6, 6.07) is 12.4. The lowest BCUT2D eigenvalue weighted by atomic mass is 10.0. The second kappa shape index (κ2) is 10.2. The standard InChI is InChI=1S/C25H26N2O4S/c1-4-10-18-14-17(16-21(22(18)28)31-6-3)15-20-23(29)26(13-5-2)25(32)27(24(20)30)19-11-8-7-9-12-19/h4,7-9,11-12,14-16,28H,1,5-6,10,13H2,2-3H3/b20-15+. The molecule has 166 valence electrons. The summed E-state index contributed by atoms with van der Waals surface area (Å²) in [6.07, 6.45) is 4.29. The molecule has 1 N–H and O–H groups in total. The van der Waals surface area contributed by atoms with E-state index in [2.05, 4.69) is 6.58 Å². The predicted molar refractivity (Wildman–Crippen MR) is 130 cm³/mol. The van der Waals surface area contributed by atoms with Crippen molar-refractivity contribution in [2.45, 2.75) is 26.7 Å². The van der Waals surface area contributed by atoms with Crippen LogP contribution in [0.4, 0.5) is 5.69 Å². The van der Waals surface area contributed by atoms with Crippen LogP contribution in [0, 0.1) is 0 Å². The molecule has 0 unspecified atom stereocenters. The SMILES string of the molecule is C=CCc1cc(/C=C2\C(=O)N(CCC)C(=S)N(c3ccccc3)C2=O)cc(OCC)c1O. The number of nitrogens with zero attached hydrogens (tertiary/aromatic N) is 2. The molecule has 1 heterocycles. The zero-order valence-corrected chi connectivity index (χ0v) is 19.0. The molecule has 0 radical (unpaired) electrons. The Hall–Kier alpha value is -3.45. The van der Waals surface area contributed by atoms with Gasteiger partial charge in [-0.3, -0.25) is 19.4 Å². The van der Waals surface area contributed by atoms with Crippen molar-refractivity contribution in [1.29, 1.82) is 0 Å². The molecule has 1 fully saturated rings. The number of ether oxygens (including phenoxy) is 1. The molecule has 3 rings (SSSR count). The predicted octanol–water partition coefficient (Wildman–Crippen LogP) is 4.47. The fourth-order valence-electron chi connectivity index (χ4n) is 3.52. The van der Waals surface area contributed by atoms with Gasteiger partial charge in [-0.05, 0) is 67.9 Å². The lowest BCUT2D eigenvalue weighted by molar-refractivity contribution is -0.127. The van der Waals surface area contributed by atoms with Gasteiger partial charge < -0.3 is 9.84 Å². The van der Waals surface area contributed by atoms with E-state index in [0.29, 0.717) is 42.8 Å². The smallest absolute Gasteiger partial charge is 0.270 e. The molecule has 0 aromatic heterocycles. The minimum absolute atomic E-state index is 0.00593. The molecule has 2 aromatic carbocycles. The third-order valence-corrected chi connectivity index (χ3v) is 5.35. The molecular formula is C25H26N2O4S. The number of amides is 2. The number of hydrogen-bond acceptors (Lipinski definition) is 5. The van der Waals surface area contributed by atoms with E-state index in [-0.39, 0.29) is 22.2 Å². The summed E-state index contributed by atoms with van der Waals surface area (Å²) >= 11 is 5.51. The van der Waals surface area contributed by atoms with E-state index < -0.39 is 11.8 Å². The molecule has 2 aromatic rings. The maximum Gasteiger partial charge on any atom is 0.270 e. The van der Waals surface area contributed by atoms with Gasteiger partial charge in [-0.2, -0.15) is 0 Å². The number of thiocarbonyl (C=S) groups is 1. The van der Waals surface area contributed by atoms with E-state index in [1.165, 1.54) is 15.9 Å². The normalized spacial score (nSPS) is 15.4. The van der Waals surface area contributed by atoms with Crippen LogP contribution in [0.25, 0.3) is 6.08 Å². The molecule has 0 atom stereocenters. The number of phenolic OH excluding ortho intramolecular Hbond substituents is 1. The number of anilines is 1. The molecule has 1 aliphatic rings. The zero-order valence-electron chi connectivity index (χ0n) is 18.2. The van der Waals surface area contributed by atoms with Crippen molar-refractivity contribution in [1.82, 2.24) is 4.90 Å². The number of allylic oxidation sites excluding steroid dienone is 1. The fourth-order valence-corrected chi connectivity index (χ4v) is 3.88. The van der Waals surface area contributed by atoms with Gasteiger partial charge in [0.05, 0.1) is 12.3 Å². The Balaban J connectivity index is 2.14. The highest BCUT2D eigenvalue weighted by molar-refractivity contribution is 7.80. The van der Waals surface area contributed by atoms with E-state index >= 15 is 0 Å². The first-order valence-corrected chi connectivity index (χ1v) is 10.9. The minimum atomic E-state index is -0.491. The first kappa shape index (κ1) is 23.2. The Labute approximate surface area is 193 Å². The van der Waals surface area contributed by atoms with Gasteiger partial charge in [0.2, 0.25) is 0 Å². The van der Waals surface area contributed by atoms with Crippen molar-refractivity contribution >= 4 is 40.9 Å². The van der Waals surface area contributed by atoms with Crippen LogP contribution in [0.2, 0.25) is 0 Å². The van der Waals surface area contributed by atoms with Crippen LogP contribution in [0.5, 0.6) is 11.5 Å². The van der Waals surface area contributed by atoms with E-state index in [1.54, 1.807) is 30.3 Å². The largest absolute Gasteiger partial charge is 0.504 e. The van der Waals surface area contributed by atoms with Crippen LogP contribution in [0.3, 0.4) is 0 Å². The Morgan fingerprint density at radius 1 is 1.12 bits per heavy atom. The number of aromatic hydroxyl groups is 1. The summed E-state index contributed by atoms with van der Waals surface area (Å²) in [5.74, 6) is -0.620. The molecule has 0 aliphatic carbocycles. The monoisotopic (exact) mass is 450 g/mol. The number of para-hydroxylation sites is 1. The molecular weight excluding hydrogens is 424 g/mol. The topological polar surface area (TPSA) is 70.1 Å². The van der Waals surface area contributed by atoms with Crippen LogP contribution >= 0.6 is 12.2 Å². The van der Waals surface area contributed by atoms with Gasteiger partial charge in [0, 0.05) is 12.1 Å². The molecule has 0 spiro atoms. The minimum Gasteiger partial charge on any atom is -0.504 e. The highest BCUT2D eigenvalue weighted by atomic mass is 32.1. The summed E-state index contributed by atoms with van der Waals surface area (Å²) < 4.78 is 5.55. The molecule has 2 amide bonds. The quantitative estimate of drug-likeness (QED) is 0.278. The second-order valence-electron chi connectivity index (χ2n) is 7.23. The van der Waals surface area contributed by atoms with Crippen LogP contribution in [0.15, 0.2) is 60.7 Å². The summed E-state index contributed by atoms with van der Waals surface area (Å²) in [7, 11) is 0. The first-order chi connectivity index (χ1) is 15.4. The molecule has 7 heteroatoms. The lowest BCUT2D eigenvalue weighted by Crippen LogP contribution is -2.56. The van der Waals surface area contributed by atoms with Crippen LogP contribution in [0.1, 0.15) is 31.4 Å². The lowest BCUT2D eigenvalue weighted by Gasteiger charge is -2.36. The number of carbonyl (C=O) groups excluding carboxylic acids is 2. The number of hydrogen-bond donors (Lipinski definition) is 1. The average Bonchev–Trinajstić information content (AvgIpc) is 2.78. The van der Waals surface area contributed by atoms with Crippen LogP contribution in [-0.4, -0.2) is 40.1 Å². The summed E-state index contributed by atoms with van der Waals surface area (Å²) in [5, 5.41) is 10.6. The van der Waals surface area contributed by atoms with Gasteiger partial charge in [0.25, 0.3) is 11.8 Å². The van der Waals surface area contributed by atoms with Gasteiger partial charge in [0.15, 0.2) is 16.6 Å². The highest BCUT2D eigenvalue weighted by Crippen LogP contribution is 2.34. The Morgan fingerprint density at radius 3 is 2.47 bits per heavy atom. The van der Waals surface area contributed by atoms with E-state index in [1.807, 2.05) is 32.0 Å². The fraction of sp³-hybridized carbons (Fsp3) is 0.240. The van der Waals surface area contributed by atoms with Crippen molar-refractivity contribution in [3.63, 3.8) is 0 Å². The van der Waals surface area contributed by atoms with Crippen molar-refractivity contribution in [3.8, 4) is 11.5 Å². The van der Waals surface area contributed by atoms with Crippen molar-refractivity contribution < 1.29 is 19.4 Å². The van der Waals surface area contributed by atoms with Crippen molar-refractivity contribution in [2.24, 2.45) is 0 Å². The highest BCUT2D eigenvalue weighted by Gasteiger charge is 2.39. The number of phenols is 1. The maximum atomic E-state index is 13.4. The molecule has 0 saturated carbocycles. The Morgan fingerprint density at radius 2 is 1.84 bits per heavy atom. The van der Waals surface area contributed by atoms with Gasteiger partial charge in [-0.25, -0.2) is 0 Å². The average molecular weight is 451 g/mol. The molecule has 1 saturated heterocycles. The van der Waals surface area contributed by atoms with Crippen molar-refractivity contribution in [2.75, 3.05) is 18.1 Å². The Kier molecular flexibility index (Phi) is 7.43. The number of rotatable bonds is 8. The third kappa shape index (κ3) is 4.57. The van der Waals surface area contributed by atoms with E-state index in [4.69, 9.17) is 17.0 Å². The van der Waals surface area contributed by atoms with Gasteiger partial charge in [-0.1, -0.05) is 31.2 Å². The van der Waals surface area contributed by atoms with Gasteiger partial charge in [-0.15, -0.1) is 6.58 Å². The molecule has 0 bridgehead atoms. The van der Waals surface area contributed by atoms with E-state index in [9.17, 15) is 14.7 Å². The summed E-state index contributed by atoms with van der Waals surface area (Å²) in [4.78, 5) is 29.5. The third-order valence-electron chi connectivity index (χ3n) is 4.94. The first-order valence-electron chi connectivity index (χ1n) is 10.5.